The van der Waals surface area contributed by atoms with Gasteiger partial charge in [0.25, 0.3) is 0 Å². The zero-order valence-electron chi connectivity index (χ0n) is 11.2. The van der Waals surface area contributed by atoms with Crippen molar-refractivity contribution >= 4 is 17.4 Å². The van der Waals surface area contributed by atoms with Crippen LogP contribution in [-0.4, -0.2) is 12.9 Å². The SMILES string of the molecule is COc1ccc(Cl)cc1CC(=O)C1=CCCCCC1. The van der Waals surface area contributed by atoms with Gasteiger partial charge in [0.15, 0.2) is 5.78 Å². The number of Topliss-reactive ketones (excluding diaryl/α,β-unsaturated/α-hetero) is 1. The number of carbonyl (C=O) groups excluding carboxylic acids is 1. The molecule has 2 nitrogen and oxygen atoms in total. The third-order valence-corrected chi connectivity index (χ3v) is 3.73. The normalized spacial score (nSPS) is 15.6. The molecule has 1 aromatic rings. The molecule has 102 valence electrons. The summed E-state index contributed by atoms with van der Waals surface area (Å²) in [6.45, 7) is 0. The minimum Gasteiger partial charge on any atom is -0.496 e. The highest BCUT2D eigenvalue weighted by atomic mass is 35.5. The number of allylic oxidation sites excluding steroid dienone is 2. The highest BCUT2D eigenvalue weighted by Gasteiger charge is 2.14. The van der Waals surface area contributed by atoms with Crippen molar-refractivity contribution in [2.45, 2.75) is 38.5 Å². The fourth-order valence-corrected chi connectivity index (χ4v) is 2.63. The Morgan fingerprint density at radius 2 is 2.16 bits per heavy atom. The molecular formula is C16H19ClO2. The summed E-state index contributed by atoms with van der Waals surface area (Å²) < 4.78 is 5.28. The van der Waals surface area contributed by atoms with Crippen LogP contribution in [0.5, 0.6) is 5.75 Å². The lowest BCUT2D eigenvalue weighted by molar-refractivity contribution is -0.115. The Bertz CT molecular complexity index is 492. The van der Waals surface area contributed by atoms with Crippen molar-refractivity contribution in [2.75, 3.05) is 7.11 Å². The Labute approximate surface area is 119 Å². The summed E-state index contributed by atoms with van der Waals surface area (Å²) in [6, 6.07) is 5.40. The largest absolute Gasteiger partial charge is 0.496 e. The Morgan fingerprint density at radius 1 is 1.32 bits per heavy atom. The van der Waals surface area contributed by atoms with Crippen molar-refractivity contribution in [1.82, 2.24) is 0 Å². The highest BCUT2D eigenvalue weighted by molar-refractivity contribution is 6.30. The number of halogens is 1. The van der Waals surface area contributed by atoms with E-state index in [0.29, 0.717) is 11.4 Å². The Morgan fingerprint density at radius 3 is 2.95 bits per heavy atom. The first kappa shape index (κ1) is 14.1. The summed E-state index contributed by atoms with van der Waals surface area (Å²) in [5.74, 6) is 0.925. The molecule has 19 heavy (non-hydrogen) atoms. The molecule has 1 aromatic carbocycles. The lowest BCUT2D eigenvalue weighted by Crippen LogP contribution is -2.07. The van der Waals surface area contributed by atoms with E-state index in [0.717, 1.165) is 36.1 Å². The van der Waals surface area contributed by atoms with Gasteiger partial charge in [0.1, 0.15) is 5.75 Å². The van der Waals surface area contributed by atoms with Crippen molar-refractivity contribution < 1.29 is 9.53 Å². The summed E-state index contributed by atoms with van der Waals surface area (Å²) in [7, 11) is 1.61. The quantitative estimate of drug-likeness (QED) is 0.818. The van der Waals surface area contributed by atoms with Gasteiger partial charge in [0, 0.05) is 17.0 Å². The van der Waals surface area contributed by atoms with Gasteiger partial charge in [-0.2, -0.15) is 0 Å². The van der Waals surface area contributed by atoms with Crippen molar-refractivity contribution in [3.8, 4) is 5.75 Å². The maximum atomic E-state index is 12.3. The van der Waals surface area contributed by atoms with E-state index in [9.17, 15) is 4.79 Å². The van der Waals surface area contributed by atoms with Crippen LogP contribution in [0.1, 0.15) is 37.7 Å². The van der Waals surface area contributed by atoms with E-state index in [2.05, 4.69) is 6.08 Å². The molecule has 0 aromatic heterocycles. The van der Waals surface area contributed by atoms with Gasteiger partial charge in [0.05, 0.1) is 7.11 Å². The van der Waals surface area contributed by atoms with E-state index < -0.39 is 0 Å². The first-order valence-corrected chi connectivity index (χ1v) is 7.13. The average Bonchev–Trinajstić information content (AvgIpc) is 2.68. The minimum absolute atomic E-state index is 0.197. The van der Waals surface area contributed by atoms with Gasteiger partial charge < -0.3 is 4.74 Å². The van der Waals surface area contributed by atoms with E-state index in [1.165, 1.54) is 12.8 Å². The zero-order valence-corrected chi connectivity index (χ0v) is 12.0. The van der Waals surface area contributed by atoms with Gasteiger partial charge in [-0.25, -0.2) is 0 Å². The number of methoxy groups -OCH3 is 1. The zero-order chi connectivity index (χ0) is 13.7. The van der Waals surface area contributed by atoms with Crippen LogP contribution in [0.4, 0.5) is 0 Å². The topological polar surface area (TPSA) is 26.3 Å². The second kappa shape index (κ2) is 6.76. The summed E-state index contributed by atoms with van der Waals surface area (Å²) in [4.78, 5) is 12.3. The van der Waals surface area contributed by atoms with Crippen molar-refractivity contribution in [3.63, 3.8) is 0 Å². The number of hydrogen-bond acceptors (Lipinski definition) is 2. The fraction of sp³-hybridized carbons (Fsp3) is 0.438. The molecule has 0 radical (unpaired) electrons. The van der Waals surface area contributed by atoms with Crippen LogP contribution in [0, 0.1) is 0 Å². The first-order chi connectivity index (χ1) is 9.20. The summed E-state index contributed by atoms with van der Waals surface area (Å²) in [5, 5.41) is 0.637. The number of rotatable bonds is 4. The number of ketones is 1. The molecule has 3 heteroatoms. The predicted octanol–water partition coefficient (Wildman–Crippen LogP) is 4.35. The number of benzene rings is 1. The van der Waals surface area contributed by atoms with Crippen LogP contribution in [0.15, 0.2) is 29.8 Å². The van der Waals surface area contributed by atoms with Crippen molar-refractivity contribution in [3.05, 3.63) is 40.4 Å². The van der Waals surface area contributed by atoms with Gasteiger partial charge >= 0.3 is 0 Å². The third-order valence-electron chi connectivity index (χ3n) is 3.49. The molecule has 0 N–H and O–H groups in total. The molecule has 0 saturated carbocycles. The molecule has 0 aliphatic heterocycles. The summed E-state index contributed by atoms with van der Waals surface area (Å²) in [6.07, 6.45) is 7.92. The first-order valence-electron chi connectivity index (χ1n) is 6.75. The molecular weight excluding hydrogens is 260 g/mol. The van der Waals surface area contributed by atoms with Gasteiger partial charge in [-0.15, -0.1) is 0 Å². The number of ether oxygens (including phenoxy) is 1. The maximum absolute atomic E-state index is 12.3. The Hall–Kier alpha value is -1.28. The molecule has 0 unspecified atom stereocenters. The van der Waals surface area contributed by atoms with Crippen LogP contribution < -0.4 is 4.74 Å². The van der Waals surface area contributed by atoms with E-state index in [4.69, 9.17) is 16.3 Å². The van der Waals surface area contributed by atoms with Gasteiger partial charge in [-0.3, -0.25) is 4.79 Å². The third kappa shape index (κ3) is 3.84. The molecule has 0 bridgehead atoms. The van der Waals surface area contributed by atoms with E-state index in [1.807, 2.05) is 12.1 Å². The van der Waals surface area contributed by atoms with Crippen LogP contribution in [-0.2, 0) is 11.2 Å². The Balaban J connectivity index is 2.13. The molecule has 0 amide bonds. The van der Waals surface area contributed by atoms with Gasteiger partial charge in [-0.05, 0) is 49.5 Å². The number of carbonyl (C=O) groups is 1. The van der Waals surface area contributed by atoms with Gasteiger partial charge in [-0.1, -0.05) is 24.1 Å². The standard InChI is InChI=1S/C16H19ClO2/c1-19-16-9-8-14(17)10-13(16)11-15(18)12-6-4-2-3-5-7-12/h6,8-10H,2-5,7,11H2,1H3. The lowest BCUT2D eigenvalue weighted by Gasteiger charge is -2.09. The highest BCUT2D eigenvalue weighted by Crippen LogP contribution is 2.25. The Kier molecular flexibility index (Phi) is 5.03. The second-order valence-corrected chi connectivity index (χ2v) is 5.32. The minimum atomic E-state index is 0.197. The van der Waals surface area contributed by atoms with E-state index in [1.54, 1.807) is 13.2 Å². The molecule has 0 fully saturated rings. The summed E-state index contributed by atoms with van der Waals surface area (Å²) >= 11 is 5.99. The van der Waals surface area contributed by atoms with Crippen LogP contribution >= 0.6 is 11.6 Å². The lowest BCUT2D eigenvalue weighted by atomic mass is 9.99. The molecule has 2 rings (SSSR count). The van der Waals surface area contributed by atoms with Gasteiger partial charge in [0.2, 0.25) is 0 Å². The smallest absolute Gasteiger partial charge is 0.163 e. The molecule has 0 heterocycles. The van der Waals surface area contributed by atoms with Crippen molar-refractivity contribution in [2.24, 2.45) is 0 Å². The summed E-state index contributed by atoms with van der Waals surface area (Å²) in [5.41, 5.74) is 1.84. The molecule has 0 saturated heterocycles. The predicted molar refractivity (Wildman–Crippen MR) is 77.9 cm³/mol. The van der Waals surface area contributed by atoms with Crippen LogP contribution in [0.2, 0.25) is 5.02 Å². The van der Waals surface area contributed by atoms with Crippen LogP contribution in [0.25, 0.3) is 0 Å². The monoisotopic (exact) mass is 278 g/mol. The van der Waals surface area contributed by atoms with Crippen molar-refractivity contribution in [1.29, 1.82) is 0 Å². The number of hydrogen-bond donors (Lipinski definition) is 0. The van der Waals surface area contributed by atoms with E-state index in [-0.39, 0.29) is 5.78 Å². The average molecular weight is 279 g/mol. The van der Waals surface area contributed by atoms with Crippen LogP contribution in [0.3, 0.4) is 0 Å². The second-order valence-electron chi connectivity index (χ2n) is 4.88. The molecule has 1 aliphatic rings. The fourth-order valence-electron chi connectivity index (χ4n) is 2.44. The molecule has 1 aliphatic carbocycles. The molecule has 0 spiro atoms. The molecule has 0 atom stereocenters. The maximum Gasteiger partial charge on any atom is 0.163 e. The van der Waals surface area contributed by atoms with E-state index >= 15 is 0 Å².